The Morgan fingerprint density at radius 3 is 2.27 bits per heavy atom. The van der Waals surface area contributed by atoms with Crippen LogP contribution in [0.4, 0.5) is 5.69 Å². The van der Waals surface area contributed by atoms with Crippen molar-refractivity contribution < 1.29 is 23.9 Å². The first-order valence-corrected chi connectivity index (χ1v) is 10.3. The first-order valence-electron chi connectivity index (χ1n) is 10.3. The van der Waals surface area contributed by atoms with E-state index in [1.54, 1.807) is 42.5 Å². The van der Waals surface area contributed by atoms with Gasteiger partial charge in [-0.1, -0.05) is 18.2 Å². The number of carbonyl (C=O) groups is 4. The number of ether oxygens (including phenoxy) is 1. The monoisotopic (exact) mass is 403 g/mol. The molecule has 6 nitrogen and oxygen atoms in total. The molecule has 152 valence electrons. The molecule has 4 unspecified atom stereocenters. The van der Waals surface area contributed by atoms with Gasteiger partial charge in [0.2, 0.25) is 11.8 Å². The van der Waals surface area contributed by atoms with Crippen LogP contribution in [0.15, 0.2) is 48.5 Å². The van der Waals surface area contributed by atoms with Gasteiger partial charge >= 0.3 is 5.97 Å². The van der Waals surface area contributed by atoms with Crippen LogP contribution >= 0.6 is 0 Å². The maximum atomic E-state index is 13.0. The second kappa shape index (κ2) is 6.90. The summed E-state index contributed by atoms with van der Waals surface area (Å²) in [6.45, 7) is 1.40. The molecule has 2 aromatic carbocycles. The minimum absolute atomic E-state index is 0.148. The van der Waals surface area contributed by atoms with Crippen LogP contribution in [0.3, 0.4) is 0 Å². The van der Waals surface area contributed by atoms with Crippen LogP contribution in [-0.2, 0) is 9.59 Å². The van der Waals surface area contributed by atoms with Crippen molar-refractivity contribution in [2.75, 3.05) is 4.90 Å². The molecule has 1 saturated heterocycles. The normalized spacial score (nSPS) is 26.8. The van der Waals surface area contributed by atoms with Crippen molar-refractivity contribution in [2.45, 2.75) is 26.2 Å². The van der Waals surface area contributed by atoms with E-state index in [1.807, 2.05) is 0 Å². The molecule has 6 heteroatoms. The number of esters is 1. The second-order valence-electron chi connectivity index (χ2n) is 8.39. The third kappa shape index (κ3) is 2.78. The van der Waals surface area contributed by atoms with Crippen LogP contribution < -0.4 is 9.64 Å². The maximum absolute atomic E-state index is 13.0. The number of ketones is 1. The number of imide groups is 1. The Morgan fingerprint density at radius 2 is 1.60 bits per heavy atom. The summed E-state index contributed by atoms with van der Waals surface area (Å²) in [6, 6.07) is 12.9. The molecule has 2 saturated carbocycles. The highest BCUT2D eigenvalue weighted by atomic mass is 16.5. The number of hydrogen-bond acceptors (Lipinski definition) is 5. The van der Waals surface area contributed by atoms with Gasteiger partial charge in [-0.25, -0.2) is 4.79 Å². The number of Topliss-reactive ketones (excluding diaryl/α,β-unsaturated/α-hetero) is 1. The van der Waals surface area contributed by atoms with Gasteiger partial charge in [0.05, 0.1) is 28.7 Å². The maximum Gasteiger partial charge on any atom is 0.343 e. The summed E-state index contributed by atoms with van der Waals surface area (Å²) in [5.74, 6) is -0.792. The highest BCUT2D eigenvalue weighted by Crippen LogP contribution is 2.56. The molecule has 2 bridgehead atoms. The van der Waals surface area contributed by atoms with E-state index in [0.717, 1.165) is 19.3 Å². The molecule has 0 N–H and O–H groups in total. The Hall–Kier alpha value is -3.28. The molecule has 4 atom stereocenters. The second-order valence-corrected chi connectivity index (χ2v) is 8.39. The Kier molecular flexibility index (Phi) is 4.31. The minimum atomic E-state index is -0.648. The van der Waals surface area contributed by atoms with E-state index < -0.39 is 5.97 Å². The number of nitrogens with zero attached hydrogens (tertiary/aromatic N) is 1. The number of para-hydroxylation sites is 1. The summed E-state index contributed by atoms with van der Waals surface area (Å²) in [6.07, 6.45) is 3.00. The van der Waals surface area contributed by atoms with Crippen LogP contribution in [0, 0.1) is 23.7 Å². The molecule has 5 rings (SSSR count). The first kappa shape index (κ1) is 18.7. The van der Waals surface area contributed by atoms with Gasteiger partial charge in [-0.3, -0.25) is 19.3 Å². The summed E-state index contributed by atoms with van der Waals surface area (Å²) in [5.41, 5.74) is 0.926. The van der Waals surface area contributed by atoms with E-state index in [0.29, 0.717) is 23.1 Å². The first-order chi connectivity index (χ1) is 14.5. The number of anilines is 1. The van der Waals surface area contributed by atoms with Crippen molar-refractivity contribution >= 4 is 29.3 Å². The lowest BCUT2D eigenvalue weighted by atomic mass is 9.81. The molecule has 0 radical (unpaired) electrons. The van der Waals surface area contributed by atoms with Crippen molar-refractivity contribution in [1.29, 1.82) is 0 Å². The van der Waals surface area contributed by atoms with Crippen molar-refractivity contribution in [3.8, 4) is 5.75 Å². The number of hydrogen-bond donors (Lipinski definition) is 0. The molecule has 2 amide bonds. The molecule has 2 aromatic rings. The van der Waals surface area contributed by atoms with Gasteiger partial charge in [-0.05, 0) is 68.4 Å². The number of benzene rings is 2. The van der Waals surface area contributed by atoms with E-state index in [2.05, 4.69) is 0 Å². The Labute approximate surface area is 173 Å². The Balaban J connectivity index is 1.41. The lowest BCUT2D eigenvalue weighted by Gasteiger charge is -2.19. The molecule has 1 aliphatic heterocycles. The average molecular weight is 403 g/mol. The highest BCUT2D eigenvalue weighted by Gasteiger charge is 2.61. The van der Waals surface area contributed by atoms with Crippen LogP contribution in [0.25, 0.3) is 0 Å². The predicted molar refractivity (Wildman–Crippen MR) is 108 cm³/mol. The number of carbonyl (C=O) groups excluding carboxylic acids is 4. The van der Waals surface area contributed by atoms with Crippen molar-refractivity contribution in [2.24, 2.45) is 23.7 Å². The summed E-state index contributed by atoms with van der Waals surface area (Å²) in [5, 5.41) is 0. The topological polar surface area (TPSA) is 80.8 Å². The fraction of sp³-hybridized carbons (Fsp3) is 0.333. The SMILES string of the molecule is CC(=O)c1ccccc1OC(=O)c1cccc(N2C(=O)C3C4CCC(C4)C3C2=O)c1. The van der Waals surface area contributed by atoms with Crippen molar-refractivity contribution in [3.05, 3.63) is 59.7 Å². The molecule has 0 aromatic heterocycles. The van der Waals surface area contributed by atoms with E-state index in [-0.39, 0.29) is 40.7 Å². The standard InChI is InChI=1S/C24H21NO5/c1-13(26)18-7-2-3-8-19(18)30-24(29)16-5-4-6-17(12-16)25-22(27)20-14-9-10-15(11-14)21(20)23(25)28/h2-8,12,14-15,20-21H,9-11H2,1H3. The molecule has 3 aliphatic rings. The van der Waals surface area contributed by atoms with Gasteiger partial charge in [-0.15, -0.1) is 0 Å². The van der Waals surface area contributed by atoms with Crippen LogP contribution in [0.1, 0.15) is 46.9 Å². The van der Waals surface area contributed by atoms with Crippen LogP contribution in [-0.4, -0.2) is 23.6 Å². The van der Waals surface area contributed by atoms with Gasteiger partial charge in [0.1, 0.15) is 5.75 Å². The van der Waals surface area contributed by atoms with Crippen molar-refractivity contribution in [3.63, 3.8) is 0 Å². The average Bonchev–Trinajstić information content (AvgIpc) is 3.42. The number of amides is 2. The summed E-state index contributed by atoms with van der Waals surface area (Å²) >= 11 is 0. The summed E-state index contributed by atoms with van der Waals surface area (Å²) in [4.78, 5) is 51.8. The molecule has 0 spiro atoms. The zero-order valence-corrected chi connectivity index (χ0v) is 16.5. The number of rotatable bonds is 4. The molecular weight excluding hydrogens is 382 g/mol. The minimum Gasteiger partial charge on any atom is -0.422 e. The Bertz CT molecular complexity index is 1060. The van der Waals surface area contributed by atoms with Crippen LogP contribution in [0.2, 0.25) is 0 Å². The molecule has 30 heavy (non-hydrogen) atoms. The van der Waals surface area contributed by atoms with Crippen molar-refractivity contribution in [1.82, 2.24) is 0 Å². The van der Waals surface area contributed by atoms with Gasteiger partial charge in [0.15, 0.2) is 5.78 Å². The van der Waals surface area contributed by atoms with E-state index in [4.69, 9.17) is 4.74 Å². The van der Waals surface area contributed by atoms with Gasteiger partial charge in [0.25, 0.3) is 0 Å². The molecule has 3 fully saturated rings. The van der Waals surface area contributed by atoms with Gasteiger partial charge in [-0.2, -0.15) is 0 Å². The smallest absolute Gasteiger partial charge is 0.343 e. The zero-order chi connectivity index (χ0) is 21.0. The summed E-state index contributed by atoms with van der Waals surface area (Å²) < 4.78 is 5.43. The molecular formula is C24H21NO5. The largest absolute Gasteiger partial charge is 0.422 e. The zero-order valence-electron chi connectivity index (χ0n) is 16.5. The summed E-state index contributed by atoms with van der Waals surface area (Å²) in [7, 11) is 0. The third-order valence-electron chi connectivity index (χ3n) is 6.74. The van der Waals surface area contributed by atoms with Gasteiger partial charge < -0.3 is 4.74 Å². The fourth-order valence-corrected chi connectivity index (χ4v) is 5.44. The Morgan fingerprint density at radius 1 is 0.933 bits per heavy atom. The highest BCUT2D eigenvalue weighted by molar-refractivity contribution is 6.22. The predicted octanol–water partition coefficient (Wildman–Crippen LogP) is 3.64. The van der Waals surface area contributed by atoms with Crippen LogP contribution in [0.5, 0.6) is 5.75 Å². The van der Waals surface area contributed by atoms with E-state index in [9.17, 15) is 19.2 Å². The third-order valence-corrected chi connectivity index (χ3v) is 6.74. The van der Waals surface area contributed by atoms with E-state index in [1.165, 1.54) is 17.9 Å². The molecule has 1 heterocycles. The quantitative estimate of drug-likeness (QED) is 0.337. The fourth-order valence-electron chi connectivity index (χ4n) is 5.44. The lowest BCUT2D eigenvalue weighted by Crippen LogP contribution is -2.32. The number of fused-ring (bicyclic) bond motifs is 5. The van der Waals surface area contributed by atoms with E-state index >= 15 is 0 Å². The van der Waals surface area contributed by atoms with Gasteiger partial charge in [0, 0.05) is 0 Å². The lowest BCUT2D eigenvalue weighted by molar-refractivity contribution is -0.123. The molecule has 2 aliphatic carbocycles.